The summed E-state index contributed by atoms with van der Waals surface area (Å²) in [6.45, 7) is 6.72. The van der Waals surface area contributed by atoms with Gasteiger partial charge in [-0.3, -0.25) is 14.7 Å². The molecule has 0 radical (unpaired) electrons. The number of fused-ring (bicyclic) bond motifs is 1. The summed E-state index contributed by atoms with van der Waals surface area (Å²) in [6.07, 6.45) is 6.56. The topological polar surface area (TPSA) is 127 Å². The molecule has 0 aliphatic carbocycles. The van der Waals surface area contributed by atoms with E-state index in [4.69, 9.17) is 4.74 Å². The average molecular weight is 539 g/mol. The van der Waals surface area contributed by atoms with Crippen molar-refractivity contribution in [3.8, 4) is 10.6 Å². The van der Waals surface area contributed by atoms with Gasteiger partial charge in [0.2, 0.25) is 5.91 Å². The average Bonchev–Trinajstić information content (AvgIpc) is 3.44. The van der Waals surface area contributed by atoms with Crippen molar-refractivity contribution in [2.24, 2.45) is 0 Å². The number of ether oxygens (including phenoxy) is 1. The summed E-state index contributed by atoms with van der Waals surface area (Å²) in [5.41, 5.74) is 1.16. The minimum absolute atomic E-state index is 0.209. The first-order valence-corrected chi connectivity index (χ1v) is 12.9. The maximum Gasteiger partial charge on any atom is 0.410 e. The number of nitrogens with zero attached hydrogens (tertiary/aromatic N) is 6. The van der Waals surface area contributed by atoms with Gasteiger partial charge in [-0.05, 0) is 39.3 Å². The van der Waals surface area contributed by atoms with Crippen LogP contribution in [0.25, 0.3) is 21.6 Å². The van der Waals surface area contributed by atoms with Gasteiger partial charge in [-0.25, -0.2) is 24.1 Å². The van der Waals surface area contributed by atoms with Gasteiger partial charge in [0, 0.05) is 38.1 Å². The van der Waals surface area contributed by atoms with Crippen molar-refractivity contribution >= 4 is 45.3 Å². The van der Waals surface area contributed by atoms with Gasteiger partial charge in [0.25, 0.3) is 0 Å². The molecule has 0 bridgehead atoms. The standard InChI is InChI=1S/C25H27FN8O3S/c1-25(2,3)37-24(36)34-9-6-17(34)22(35)28-8-10-33-14-31-16-12-29-20(11-18(16)33)32-23-30-13-19(38-23)21-15(26)5-4-7-27-21/h4-5,7,11-14,17H,6,8-10H2,1-3H3,(H,28,35)(H,29,30,32)/t17-/m0/s1. The molecule has 11 nitrogen and oxygen atoms in total. The van der Waals surface area contributed by atoms with Crippen LogP contribution in [-0.2, 0) is 16.1 Å². The molecule has 38 heavy (non-hydrogen) atoms. The number of hydrogen-bond acceptors (Lipinski definition) is 9. The molecule has 1 aliphatic rings. The summed E-state index contributed by atoms with van der Waals surface area (Å²) in [6, 6.07) is 4.21. The summed E-state index contributed by atoms with van der Waals surface area (Å²) >= 11 is 1.27. The molecule has 0 unspecified atom stereocenters. The maximum absolute atomic E-state index is 14.1. The quantitative estimate of drug-likeness (QED) is 0.362. The summed E-state index contributed by atoms with van der Waals surface area (Å²) in [5, 5.41) is 6.59. The molecule has 1 fully saturated rings. The predicted octanol–water partition coefficient (Wildman–Crippen LogP) is 3.96. The molecule has 5 rings (SSSR count). The maximum atomic E-state index is 14.1. The number of rotatable bonds is 7. The number of imidazole rings is 1. The van der Waals surface area contributed by atoms with Gasteiger partial charge < -0.3 is 19.9 Å². The normalized spacial score (nSPS) is 15.3. The highest BCUT2D eigenvalue weighted by atomic mass is 32.1. The van der Waals surface area contributed by atoms with E-state index >= 15 is 0 Å². The Labute approximate surface area is 222 Å². The fraction of sp³-hybridized carbons (Fsp3) is 0.360. The molecule has 13 heteroatoms. The number of carbonyl (C=O) groups excluding carboxylic acids is 2. The predicted molar refractivity (Wildman–Crippen MR) is 140 cm³/mol. The second kappa shape index (κ2) is 10.3. The lowest BCUT2D eigenvalue weighted by atomic mass is 10.0. The second-order valence-electron chi connectivity index (χ2n) is 9.75. The summed E-state index contributed by atoms with van der Waals surface area (Å²) in [5.74, 6) is -0.0688. The van der Waals surface area contributed by atoms with Gasteiger partial charge >= 0.3 is 6.09 Å². The van der Waals surface area contributed by atoms with Crippen molar-refractivity contribution < 1.29 is 18.7 Å². The molecule has 4 aromatic rings. The van der Waals surface area contributed by atoms with Crippen molar-refractivity contribution in [1.82, 2.24) is 34.7 Å². The van der Waals surface area contributed by atoms with Crippen molar-refractivity contribution in [2.75, 3.05) is 18.4 Å². The number of aromatic nitrogens is 5. The molecule has 5 heterocycles. The van der Waals surface area contributed by atoms with Gasteiger partial charge in [0.1, 0.15) is 34.5 Å². The Bertz CT molecular complexity index is 1480. The van der Waals surface area contributed by atoms with Crippen molar-refractivity contribution in [3.05, 3.63) is 48.9 Å². The van der Waals surface area contributed by atoms with E-state index in [9.17, 15) is 14.0 Å². The molecule has 0 spiro atoms. The van der Waals surface area contributed by atoms with Gasteiger partial charge in [-0.1, -0.05) is 11.3 Å². The number of carbonyl (C=O) groups is 2. The van der Waals surface area contributed by atoms with E-state index in [0.717, 1.165) is 5.52 Å². The number of pyridine rings is 2. The van der Waals surface area contributed by atoms with Gasteiger partial charge in [0.15, 0.2) is 5.13 Å². The van der Waals surface area contributed by atoms with Gasteiger partial charge in [-0.2, -0.15) is 0 Å². The fourth-order valence-corrected chi connectivity index (χ4v) is 4.76. The van der Waals surface area contributed by atoms with Crippen LogP contribution in [0.15, 0.2) is 43.1 Å². The SMILES string of the molecule is CC(C)(C)OC(=O)N1CC[C@H]1C(=O)NCCn1cnc2cnc(Nc3ncc(-c4ncccc4F)s3)cc21. The Hall–Kier alpha value is -4.13. The minimum atomic E-state index is -0.613. The van der Waals surface area contributed by atoms with Crippen LogP contribution in [0.3, 0.4) is 0 Å². The Morgan fingerprint density at radius 3 is 2.79 bits per heavy atom. The third-order valence-electron chi connectivity index (χ3n) is 5.84. The van der Waals surface area contributed by atoms with Crippen molar-refractivity contribution in [2.45, 2.75) is 45.4 Å². The van der Waals surface area contributed by atoms with E-state index in [-0.39, 0.29) is 11.6 Å². The van der Waals surface area contributed by atoms with Crippen LogP contribution in [-0.4, -0.2) is 66.1 Å². The first kappa shape index (κ1) is 25.5. The monoisotopic (exact) mass is 538 g/mol. The zero-order valence-corrected chi connectivity index (χ0v) is 22.0. The van der Waals surface area contributed by atoms with E-state index in [1.54, 1.807) is 45.6 Å². The first-order chi connectivity index (χ1) is 18.2. The van der Waals surface area contributed by atoms with Crippen LogP contribution in [0.5, 0.6) is 0 Å². The highest BCUT2D eigenvalue weighted by molar-refractivity contribution is 7.18. The fourth-order valence-electron chi connectivity index (χ4n) is 3.94. The highest BCUT2D eigenvalue weighted by Gasteiger charge is 2.39. The minimum Gasteiger partial charge on any atom is -0.444 e. The third kappa shape index (κ3) is 5.57. The Morgan fingerprint density at radius 2 is 2.05 bits per heavy atom. The molecule has 4 aromatic heterocycles. The van der Waals surface area contributed by atoms with Crippen LogP contribution in [0.2, 0.25) is 0 Å². The number of nitrogens with one attached hydrogen (secondary N) is 2. The zero-order valence-electron chi connectivity index (χ0n) is 21.1. The number of halogens is 1. The molecule has 0 saturated carbocycles. The number of hydrogen-bond donors (Lipinski definition) is 2. The molecular formula is C25H27FN8O3S. The molecule has 198 valence electrons. The Kier molecular flexibility index (Phi) is 6.93. The van der Waals surface area contributed by atoms with E-state index in [1.807, 2.05) is 10.6 Å². The summed E-state index contributed by atoms with van der Waals surface area (Å²) in [4.78, 5) is 44.1. The van der Waals surface area contributed by atoms with Crippen LogP contribution >= 0.6 is 11.3 Å². The smallest absolute Gasteiger partial charge is 0.410 e. The molecule has 2 N–H and O–H groups in total. The molecule has 1 saturated heterocycles. The van der Waals surface area contributed by atoms with Crippen LogP contribution in [0.1, 0.15) is 27.2 Å². The van der Waals surface area contributed by atoms with E-state index in [1.165, 1.54) is 28.5 Å². The molecule has 0 aromatic carbocycles. The third-order valence-corrected chi connectivity index (χ3v) is 6.76. The van der Waals surface area contributed by atoms with E-state index in [0.29, 0.717) is 47.4 Å². The summed E-state index contributed by atoms with van der Waals surface area (Å²) < 4.78 is 21.3. The molecule has 2 amide bonds. The van der Waals surface area contributed by atoms with Gasteiger partial charge in [-0.15, -0.1) is 0 Å². The molecule has 1 atom stereocenters. The van der Waals surface area contributed by atoms with E-state index < -0.39 is 23.6 Å². The Morgan fingerprint density at radius 1 is 1.21 bits per heavy atom. The number of amides is 2. The van der Waals surface area contributed by atoms with Gasteiger partial charge in [0.05, 0.1) is 22.9 Å². The first-order valence-electron chi connectivity index (χ1n) is 12.1. The second-order valence-corrected chi connectivity index (χ2v) is 10.8. The largest absolute Gasteiger partial charge is 0.444 e. The summed E-state index contributed by atoms with van der Waals surface area (Å²) in [7, 11) is 0. The van der Waals surface area contributed by atoms with Crippen molar-refractivity contribution in [3.63, 3.8) is 0 Å². The lowest BCUT2D eigenvalue weighted by Gasteiger charge is -2.40. The number of thiazole rings is 1. The van der Waals surface area contributed by atoms with Crippen LogP contribution in [0.4, 0.5) is 20.1 Å². The van der Waals surface area contributed by atoms with Crippen LogP contribution in [0, 0.1) is 5.82 Å². The number of likely N-dealkylation sites (tertiary alicyclic amines) is 1. The zero-order chi connectivity index (χ0) is 26.9. The molecule has 1 aliphatic heterocycles. The lowest BCUT2D eigenvalue weighted by Crippen LogP contribution is -2.59. The van der Waals surface area contributed by atoms with E-state index in [2.05, 4.69) is 30.6 Å². The molecular weight excluding hydrogens is 511 g/mol. The number of anilines is 2. The van der Waals surface area contributed by atoms with Crippen LogP contribution < -0.4 is 10.6 Å². The Balaban J connectivity index is 1.19. The van der Waals surface area contributed by atoms with Crippen molar-refractivity contribution in [1.29, 1.82) is 0 Å². The lowest BCUT2D eigenvalue weighted by molar-refractivity contribution is -0.130. The highest BCUT2D eigenvalue weighted by Crippen LogP contribution is 2.31.